The molecule has 4 aromatic rings. The van der Waals surface area contributed by atoms with E-state index in [1.165, 1.54) is 5.56 Å². The van der Waals surface area contributed by atoms with Gasteiger partial charge in [-0.1, -0.05) is 66.7 Å². The summed E-state index contributed by atoms with van der Waals surface area (Å²) in [6, 6.07) is 26.6. The zero-order valence-corrected chi connectivity index (χ0v) is 25.2. The number of amides is 2. The van der Waals surface area contributed by atoms with Crippen molar-refractivity contribution in [2.75, 3.05) is 6.54 Å². The van der Waals surface area contributed by atoms with Crippen LogP contribution in [-0.2, 0) is 6.42 Å². The molecule has 0 spiro atoms. The first-order valence-corrected chi connectivity index (χ1v) is 16.0. The average molecular weight is 595 g/mol. The number of thiazole rings is 1. The molecule has 3 aromatic carbocycles. The lowest BCUT2D eigenvalue weighted by molar-refractivity contribution is 0.0729. The van der Waals surface area contributed by atoms with E-state index < -0.39 is 12.1 Å². The molecule has 3 heterocycles. The van der Waals surface area contributed by atoms with E-state index in [1.54, 1.807) is 35.6 Å². The van der Waals surface area contributed by atoms with Gasteiger partial charge in [-0.25, -0.2) is 4.98 Å². The third-order valence-electron chi connectivity index (χ3n) is 8.63. The number of carbonyl (C=O) groups excluding carboxylic acids is 2. The Bertz CT molecular complexity index is 1540. The Balaban J connectivity index is 1.18. The van der Waals surface area contributed by atoms with E-state index in [0.717, 1.165) is 41.9 Å². The molecule has 2 amide bonds. The molecule has 0 aliphatic carbocycles. The normalized spacial score (nSPS) is 21.4. The van der Waals surface area contributed by atoms with Gasteiger partial charge in [0, 0.05) is 40.8 Å². The van der Waals surface area contributed by atoms with Crippen LogP contribution in [0.25, 0.3) is 0 Å². The minimum atomic E-state index is -0.796. The SMILES string of the molecule is Cc1csc([C@H]2CCCN2C(=O)c2cccc(C(=O)N[C@@H](Cc3ccccc3)[C@H](O)[C@@H]3CC[C@H](c4ccccc4)N3)c2)n1. The second-order valence-electron chi connectivity index (χ2n) is 11.6. The highest BCUT2D eigenvalue weighted by molar-refractivity contribution is 7.09. The molecule has 0 radical (unpaired) electrons. The molecule has 2 aliphatic heterocycles. The van der Waals surface area contributed by atoms with Crippen molar-refractivity contribution in [3.05, 3.63) is 123 Å². The molecule has 6 rings (SSSR count). The highest BCUT2D eigenvalue weighted by Crippen LogP contribution is 2.35. The molecular formula is C35H38N4O3S. The molecule has 43 heavy (non-hydrogen) atoms. The van der Waals surface area contributed by atoms with Crippen LogP contribution in [0.3, 0.4) is 0 Å². The smallest absolute Gasteiger partial charge is 0.254 e. The van der Waals surface area contributed by atoms with Crippen molar-refractivity contribution >= 4 is 23.2 Å². The molecule has 5 atom stereocenters. The first-order chi connectivity index (χ1) is 21.0. The Kier molecular flexibility index (Phi) is 8.98. The van der Waals surface area contributed by atoms with Gasteiger partial charge < -0.3 is 20.6 Å². The van der Waals surface area contributed by atoms with Crippen LogP contribution < -0.4 is 10.6 Å². The van der Waals surface area contributed by atoms with E-state index in [2.05, 4.69) is 27.8 Å². The fourth-order valence-electron chi connectivity index (χ4n) is 6.40. The summed E-state index contributed by atoms with van der Waals surface area (Å²) in [6.07, 6.45) is 3.23. The summed E-state index contributed by atoms with van der Waals surface area (Å²) < 4.78 is 0. The van der Waals surface area contributed by atoms with Gasteiger partial charge >= 0.3 is 0 Å². The molecule has 8 heteroatoms. The number of nitrogens with one attached hydrogen (secondary N) is 2. The monoisotopic (exact) mass is 594 g/mol. The largest absolute Gasteiger partial charge is 0.389 e. The van der Waals surface area contributed by atoms with E-state index >= 15 is 0 Å². The summed E-state index contributed by atoms with van der Waals surface area (Å²) >= 11 is 1.59. The van der Waals surface area contributed by atoms with Crippen molar-refractivity contribution in [3.8, 4) is 0 Å². The van der Waals surface area contributed by atoms with E-state index in [0.29, 0.717) is 24.1 Å². The van der Waals surface area contributed by atoms with Crippen molar-refractivity contribution < 1.29 is 14.7 Å². The van der Waals surface area contributed by atoms with Crippen LogP contribution in [0, 0.1) is 6.92 Å². The topological polar surface area (TPSA) is 94.6 Å². The number of likely N-dealkylation sites (tertiary alicyclic amines) is 1. The van der Waals surface area contributed by atoms with E-state index in [4.69, 9.17) is 0 Å². The van der Waals surface area contributed by atoms with Crippen molar-refractivity contribution in [2.45, 2.75) is 69.3 Å². The number of hydrogen-bond acceptors (Lipinski definition) is 6. The number of aryl methyl sites for hydroxylation is 1. The Morgan fingerprint density at radius 1 is 1.00 bits per heavy atom. The summed E-state index contributed by atoms with van der Waals surface area (Å²) in [6.45, 7) is 2.64. The summed E-state index contributed by atoms with van der Waals surface area (Å²) in [5.74, 6) is -0.395. The summed E-state index contributed by atoms with van der Waals surface area (Å²) in [5.41, 5.74) is 4.08. The molecule has 0 bridgehead atoms. The highest BCUT2D eigenvalue weighted by Gasteiger charge is 2.36. The van der Waals surface area contributed by atoms with Gasteiger partial charge in [0.15, 0.2) is 0 Å². The molecule has 2 aliphatic rings. The predicted molar refractivity (Wildman–Crippen MR) is 169 cm³/mol. The Morgan fingerprint density at radius 3 is 2.49 bits per heavy atom. The van der Waals surface area contributed by atoms with E-state index in [-0.39, 0.29) is 29.9 Å². The zero-order chi connectivity index (χ0) is 29.8. The maximum atomic E-state index is 13.7. The molecule has 0 unspecified atom stereocenters. The number of nitrogens with zero attached hydrogens (tertiary/aromatic N) is 2. The third kappa shape index (κ3) is 6.72. The Labute approximate surface area is 257 Å². The number of aromatic nitrogens is 1. The van der Waals surface area contributed by atoms with Crippen LogP contribution in [0.2, 0.25) is 0 Å². The molecular weight excluding hydrogens is 556 g/mol. The summed E-state index contributed by atoms with van der Waals surface area (Å²) in [7, 11) is 0. The molecule has 0 saturated carbocycles. The second-order valence-corrected chi connectivity index (χ2v) is 12.5. The lowest BCUT2D eigenvalue weighted by atomic mass is 9.95. The number of hydrogen-bond donors (Lipinski definition) is 3. The van der Waals surface area contributed by atoms with Crippen LogP contribution in [0.4, 0.5) is 0 Å². The van der Waals surface area contributed by atoms with Crippen LogP contribution in [0.5, 0.6) is 0 Å². The number of benzene rings is 3. The maximum Gasteiger partial charge on any atom is 0.254 e. The van der Waals surface area contributed by atoms with Crippen LogP contribution in [-0.4, -0.2) is 51.5 Å². The molecule has 222 valence electrons. The van der Waals surface area contributed by atoms with Crippen molar-refractivity contribution in [1.29, 1.82) is 0 Å². The number of aliphatic hydroxyl groups is 1. The fourth-order valence-corrected chi connectivity index (χ4v) is 7.34. The van der Waals surface area contributed by atoms with Gasteiger partial charge in [0.2, 0.25) is 0 Å². The minimum Gasteiger partial charge on any atom is -0.389 e. The lowest BCUT2D eigenvalue weighted by Gasteiger charge is -2.29. The zero-order valence-electron chi connectivity index (χ0n) is 24.4. The molecule has 2 saturated heterocycles. The Hall–Kier alpha value is -3.85. The predicted octanol–water partition coefficient (Wildman–Crippen LogP) is 5.62. The van der Waals surface area contributed by atoms with Gasteiger partial charge in [-0.05, 0) is 68.4 Å². The number of carbonyl (C=O) groups is 2. The molecule has 3 N–H and O–H groups in total. The van der Waals surface area contributed by atoms with Crippen LogP contribution in [0.1, 0.15) is 80.3 Å². The number of aliphatic hydroxyl groups excluding tert-OH is 1. The molecule has 7 nitrogen and oxygen atoms in total. The van der Waals surface area contributed by atoms with Gasteiger partial charge in [-0.3, -0.25) is 9.59 Å². The second kappa shape index (κ2) is 13.2. The quantitative estimate of drug-likeness (QED) is 0.234. The Morgan fingerprint density at radius 2 is 1.74 bits per heavy atom. The fraction of sp³-hybridized carbons (Fsp3) is 0.343. The first-order valence-electron chi connectivity index (χ1n) is 15.1. The molecule has 2 fully saturated rings. The van der Waals surface area contributed by atoms with Gasteiger partial charge in [0.25, 0.3) is 11.8 Å². The summed E-state index contributed by atoms with van der Waals surface area (Å²) in [5, 5.41) is 21.3. The van der Waals surface area contributed by atoms with Crippen molar-refractivity contribution in [2.24, 2.45) is 0 Å². The van der Waals surface area contributed by atoms with Gasteiger partial charge in [-0.2, -0.15) is 0 Å². The first kappa shape index (κ1) is 29.2. The maximum absolute atomic E-state index is 13.7. The summed E-state index contributed by atoms with van der Waals surface area (Å²) in [4.78, 5) is 33.8. The minimum absolute atomic E-state index is 0.0345. The number of rotatable bonds is 9. The van der Waals surface area contributed by atoms with Crippen LogP contribution >= 0.6 is 11.3 Å². The van der Waals surface area contributed by atoms with E-state index in [1.807, 2.05) is 65.7 Å². The van der Waals surface area contributed by atoms with Crippen molar-refractivity contribution in [3.63, 3.8) is 0 Å². The van der Waals surface area contributed by atoms with Crippen molar-refractivity contribution in [1.82, 2.24) is 20.5 Å². The van der Waals surface area contributed by atoms with Gasteiger partial charge in [0.1, 0.15) is 5.01 Å². The van der Waals surface area contributed by atoms with Gasteiger partial charge in [-0.15, -0.1) is 11.3 Å². The van der Waals surface area contributed by atoms with E-state index in [9.17, 15) is 14.7 Å². The van der Waals surface area contributed by atoms with Gasteiger partial charge in [0.05, 0.1) is 18.2 Å². The highest BCUT2D eigenvalue weighted by atomic mass is 32.1. The van der Waals surface area contributed by atoms with Crippen LogP contribution in [0.15, 0.2) is 90.3 Å². The standard InChI is InChI=1S/C35H38N4O3S/c1-23-22-43-34(36-23)31-16-9-19-39(31)35(42)27-15-8-14-26(21-27)33(41)38-30(20-24-10-4-2-5-11-24)32(40)29-18-17-28(37-29)25-12-6-3-7-13-25/h2-8,10-15,21-22,28-32,37,40H,9,16-20H2,1H3,(H,38,41)/t28-,29+,30+,31-,32-/m1/s1. The molecule has 1 aromatic heterocycles. The average Bonchev–Trinajstić information content (AvgIpc) is 3.82. The third-order valence-corrected chi connectivity index (χ3v) is 9.69. The lowest BCUT2D eigenvalue weighted by Crippen LogP contribution is -2.52.